The van der Waals surface area contributed by atoms with E-state index in [-0.39, 0.29) is 31.8 Å². The molecular weight excluding hydrogens is 282 g/mol. The number of benzene rings is 1. The average Bonchev–Trinajstić information content (AvgIpc) is 2.47. The van der Waals surface area contributed by atoms with E-state index in [4.69, 9.17) is 5.11 Å². The standard InChI is InChI=1S/C17H23NO4/c1-12-4-6-13(7-5-12)16(2,3)14(19)18-10-8-17(22,9-11-18)15(20)21/h4-7,22H,8-11H2,1-3H3,(H,20,21). The molecule has 5 heteroatoms. The Morgan fingerprint density at radius 2 is 1.64 bits per heavy atom. The minimum absolute atomic E-state index is 0.0382. The molecule has 0 aromatic heterocycles. The minimum Gasteiger partial charge on any atom is -0.479 e. The molecule has 0 saturated carbocycles. The summed E-state index contributed by atoms with van der Waals surface area (Å²) in [5.74, 6) is -1.25. The first kappa shape index (κ1) is 16.5. The zero-order valence-electron chi connectivity index (χ0n) is 13.3. The van der Waals surface area contributed by atoms with Crippen molar-refractivity contribution in [1.82, 2.24) is 4.90 Å². The second-order valence-electron chi connectivity index (χ2n) is 6.62. The van der Waals surface area contributed by atoms with E-state index in [2.05, 4.69) is 0 Å². The SMILES string of the molecule is Cc1ccc(C(C)(C)C(=O)N2CCC(O)(C(=O)O)CC2)cc1. The van der Waals surface area contributed by atoms with E-state index in [0.717, 1.165) is 11.1 Å². The largest absolute Gasteiger partial charge is 0.479 e. The second-order valence-corrected chi connectivity index (χ2v) is 6.62. The van der Waals surface area contributed by atoms with Crippen LogP contribution in [0.1, 0.15) is 37.8 Å². The number of likely N-dealkylation sites (tertiary alicyclic amines) is 1. The third-order valence-corrected chi connectivity index (χ3v) is 4.58. The molecule has 1 saturated heterocycles. The molecule has 1 aliphatic heterocycles. The molecule has 1 aromatic carbocycles. The predicted octanol–water partition coefficient (Wildman–Crippen LogP) is 1.71. The fourth-order valence-electron chi connectivity index (χ4n) is 2.78. The number of hydrogen-bond donors (Lipinski definition) is 2. The predicted molar refractivity (Wildman–Crippen MR) is 82.6 cm³/mol. The summed E-state index contributed by atoms with van der Waals surface area (Å²) in [6.45, 7) is 6.26. The van der Waals surface area contributed by atoms with Gasteiger partial charge in [-0.05, 0) is 26.3 Å². The van der Waals surface area contributed by atoms with Crippen molar-refractivity contribution < 1.29 is 19.8 Å². The Hall–Kier alpha value is -1.88. The molecule has 120 valence electrons. The van der Waals surface area contributed by atoms with Crippen LogP contribution >= 0.6 is 0 Å². The molecular formula is C17H23NO4. The van der Waals surface area contributed by atoms with Gasteiger partial charge in [0.05, 0.1) is 5.41 Å². The molecule has 0 aliphatic carbocycles. The molecule has 0 unspecified atom stereocenters. The van der Waals surface area contributed by atoms with Crippen molar-refractivity contribution >= 4 is 11.9 Å². The minimum atomic E-state index is -1.70. The highest BCUT2D eigenvalue weighted by atomic mass is 16.4. The number of piperidine rings is 1. The summed E-state index contributed by atoms with van der Waals surface area (Å²) in [7, 11) is 0. The van der Waals surface area contributed by atoms with E-state index in [0.29, 0.717) is 0 Å². The number of aryl methyl sites for hydroxylation is 1. The van der Waals surface area contributed by atoms with Crippen LogP contribution in [0, 0.1) is 6.92 Å². The number of nitrogens with zero attached hydrogens (tertiary/aromatic N) is 1. The first-order valence-electron chi connectivity index (χ1n) is 7.49. The van der Waals surface area contributed by atoms with Gasteiger partial charge in [-0.2, -0.15) is 0 Å². The Labute approximate surface area is 130 Å². The molecule has 1 fully saturated rings. The van der Waals surface area contributed by atoms with Gasteiger partial charge in [-0.1, -0.05) is 29.8 Å². The van der Waals surface area contributed by atoms with Gasteiger partial charge in [0.15, 0.2) is 5.60 Å². The van der Waals surface area contributed by atoms with Crippen molar-refractivity contribution in [3.8, 4) is 0 Å². The summed E-state index contributed by atoms with van der Waals surface area (Å²) in [5.41, 5.74) is -0.310. The lowest BCUT2D eigenvalue weighted by Gasteiger charge is -2.39. The summed E-state index contributed by atoms with van der Waals surface area (Å²) in [5, 5.41) is 19.0. The lowest BCUT2D eigenvalue weighted by Crippen LogP contribution is -2.54. The second kappa shape index (κ2) is 5.72. The Balaban J connectivity index is 2.12. The zero-order chi connectivity index (χ0) is 16.5. The van der Waals surface area contributed by atoms with E-state index < -0.39 is 17.0 Å². The summed E-state index contributed by atoms with van der Waals surface area (Å²) in [6.07, 6.45) is 0.135. The lowest BCUT2D eigenvalue weighted by molar-refractivity contribution is -0.166. The van der Waals surface area contributed by atoms with Crippen LogP contribution in [0.5, 0.6) is 0 Å². The number of carbonyl (C=O) groups is 2. The van der Waals surface area contributed by atoms with Crippen LogP contribution in [-0.2, 0) is 15.0 Å². The van der Waals surface area contributed by atoms with Crippen LogP contribution in [0.3, 0.4) is 0 Å². The fraction of sp³-hybridized carbons (Fsp3) is 0.529. The van der Waals surface area contributed by atoms with Crippen molar-refractivity contribution in [2.45, 2.75) is 44.6 Å². The number of aliphatic carboxylic acids is 1. The number of rotatable bonds is 3. The number of hydrogen-bond acceptors (Lipinski definition) is 3. The molecule has 22 heavy (non-hydrogen) atoms. The van der Waals surface area contributed by atoms with Crippen molar-refractivity contribution in [3.63, 3.8) is 0 Å². The maximum atomic E-state index is 12.8. The highest BCUT2D eigenvalue weighted by molar-refractivity contribution is 5.88. The highest BCUT2D eigenvalue weighted by Crippen LogP contribution is 2.29. The summed E-state index contributed by atoms with van der Waals surface area (Å²) >= 11 is 0. The molecule has 5 nitrogen and oxygen atoms in total. The highest BCUT2D eigenvalue weighted by Gasteiger charge is 2.43. The van der Waals surface area contributed by atoms with Gasteiger partial charge in [0, 0.05) is 25.9 Å². The number of carbonyl (C=O) groups excluding carboxylic acids is 1. The normalized spacial score (nSPS) is 18.1. The number of amides is 1. The number of carboxylic acid groups (broad SMARTS) is 1. The topological polar surface area (TPSA) is 77.8 Å². The smallest absolute Gasteiger partial charge is 0.335 e. The fourth-order valence-corrected chi connectivity index (χ4v) is 2.78. The first-order valence-corrected chi connectivity index (χ1v) is 7.49. The van der Waals surface area contributed by atoms with E-state index in [1.165, 1.54) is 0 Å². The summed E-state index contributed by atoms with van der Waals surface area (Å²) in [6, 6.07) is 7.85. The maximum absolute atomic E-state index is 12.8. The molecule has 0 bridgehead atoms. The zero-order valence-corrected chi connectivity index (χ0v) is 13.3. The van der Waals surface area contributed by atoms with Gasteiger partial charge in [-0.3, -0.25) is 4.79 Å². The third-order valence-electron chi connectivity index (χ3n) is 4.58. The van der Waals surface area contributed by atoms with Gasteiger partial charge >= 0.3 is 5.97 Å². The molecule has 1 aromatic rings. The van der Waals surface area contributed by atoms with Gasteiger partial charge in [-0.25, -0.2) is 4.79 Å². The average molecular weight is 305 g/mol. The van der Waals surface area contributed by atoms with Crippen LogP contribution in [0.25, 0.3) is 0 Å². The van der Waals surface area contributed by atoms with Crippen molar-refractivity contribution in [1.29, 1.82) is 0 Å². The maximum Gasteiger partial charge on any atom is 0.335 e. The van der Waals surface area contributed by atoms with Crippen molar-refractivity contribution in [2.24, 2.45) is 0 Å². The van der Waals surface area contributed by atoms with Gasteiger partial charge in [0.25, 0.3) is 0 Å². The molecule has 1 heterocycles. The molecule has 2 N–H and O–H groups in total. The Bertz CT molecular complexity index is 569. The molecule has 1 amide bonds. The summed E-state index contributed by atoms with van der Waals surface area (Å²) in [4.78, 5) is 25.5. The van der Waals surface area contributed by atoms with Crippen molar-refractivity contribution in [3.05, 3.63) is 35.4 Å². The quantitative estimate of drug-likeness (QED) is 0.891. The van der Waals surface area contributed by atoms with E-state index in [1.54, 1.807) is 4.90 Å². The molecule has 0 spiro atoms. The van der Waals surface area contributed by atoms with Crippen LogP contribution < -0.4 is 0 Å². The molecule has 2 rings (SSSR count). The number of carboxylic acids is 1. The molecule has 0 atom stereocenters. The van der Waals surface area contributed by atoms with E-state index in [9.17, 15) is 14.7 Å². The van der Waals surface area contributed by atoms with Gasteiger partial charge in [-0.15, -0.1) is 0 Å². The van der Waals surface area contributed by atoms with Gasteiger partial charge < -0.3 is 15.1 Å². The number of aliphatic hydroxyl groups is 1. The summed E-state index contributed by atoms with van der Waals surface area (Å²) < 4.78 is 0. The Morgan fingerprint density at radius 1 is 1.14 bits per heavy atom. The Morgan fingerprint density at radius 3 is 2.09 bits per heavy atom. The van der Waals surface area contributed by atoms with E-state index >= 15 is 0 Å². The molecule has 0 radical (unpaired) electrons. The van der Waals surface area contributed by atoms with Gasteiger partial charge in [0.2, 0.25) is 5.91 Å². The van der Waals surface area contributed by atoms with Crippen LogP contribution in [0.2, 0.25) is 0 Å². The Kier molecular flexibility index (Phi) is 4.29. The van der Waals surface area contributed by atoms with Crippen LogP contribution in [0.4, 0.5) is 0 Å². The monoisotopic (exact) mass is 305 g/mol. The molecule has 1 aliphatic rings. The first-order chi connectivity index (χ1) is 10.2. The lowest BCUT2D eigenvalue weighted by atomic mass is 9.81. The van der Waals surface area contributed by atoms with Crippen molar-refractivity contribution in [2.75, 3.05) is 13.1 Å². The van der Waals surface area contributed by atoms with Crippen LogP contribution in [0.15, 0.2) is 24.3 Å². The van der Waals surface area contributed by atoms with E-state index in [1.807, 2.05) is 45.0 Å². The third kappa shape index (κ3) is 2.99. The van der Waals surface area contributed by atoms with Crippen LogP contribution in [-0.4, -0.2) is 45.7 Å². The van der Waals surface area contributed by atoms with Gasteiger partial charge in [0.1, 0.15) is 0 Å².